The summed E-state index contributed by atoms with van der Waals surface area (Å²) >= 11 is 0. The molecular formula is C29H29N3O5. The van der Waals surface area contributed by atoms with Gasteiger partial charge in [-0.25, -0.2) is 4.98 Å². The van der Waals surface area contributed by atoms with Gasteiger partial charge in [0.25, 0.3) is 0 Å². The second-order valence-electron chi connectivity index (χ2n) is 8.78. The predicted octanol–water partition coefficient (Wildman–Crippen LogP) is 4.41. The van der Waals surface area contributed by atoms with Gasteiger partial charge in [-0.3, -0.25) is 14.5 Å². The average molecular weight is 500 g/mol. The number of methoxy groups -OCH3 is 2. The highest BCUT2D eigenvalue weighted by atomic mass is 16.5. The van der Waals surface area contributed by atoms with Crippen LogP contribution in [0.3, 0.4) is 0 Å². The van der Waals surface area contributed by atoms with Gasteiger partial charge in [0.1, 0.15) is 11.5 Å². The first-order valence-electron chi connectivity index (χ1n) is 12.3. The number of aromatic nitrogens is 2. The molecule has 3 aromatic carbocycles. The van der Waals surface area contributed by atoms with E-state index in [1.165, 1.54) is 0 Å². The van der Waals surface area contributed by atoms with Crippen LogP contribution in [0.4, 0.5) is 5.95 Å². The minimum atomic E-state index is -1.12. The Labute approximate surface area is 215 Å². The highest BCUT2D eigenvalue weighted by Gasteiger charge is 2.48. The van der Waals surface area contributed by atoms with Crippen molar-refractivity contribution in [2.45, 2.75) is 19.4 Å². The number of esters is 1. The van der Waals surface area contributed by atoms with Crippen LogP contribution in [0.5, 0.6) is 11.5 Å². The van der Waals surface area contributed by atoms with E-state index in [2.05, 4.69) is 0 Å². The summed E-state index contributed by atoms with van der Waals surface area (Å²) in [4.78, 5) is 34.0. The van der Waals surface area contributed by atoms with E-state index in [1.54, 1.807) is 38.2 Å². The Bertz CT molecular complexity index is 1430. The first kappa shape index (κ1) is 24.4. The normalized spacial score (nSPS) is 16.9. The van der Waals surface area contributed by atoms with E-state index in [9.17, 15) is 9.59 Å². The van der Waals surface area contributed by atoms with E-state index in [1.807, 2.05) is 65.2 Å². The van der Waals surface area contributed by atoms with Crippen LogP contribution in [-0.4, -0.2) is 48.8 Å². The molecule has 190 valence electrons. The number of ether oxygens (including phenoxy) is 3. The maximum atomic E-state index is 14.1. The number of amides is 1. The summed E-state index contributed by atoms with van der Waals surface area (Å²) in [5.74, 6) is -0.444. The van der Waals surface area contributed by atoms with Crippen molar-refractivity contribution in [2.75, 3.05) is 32.3 Å². The molecule has 0 unspecified atom stereocenters. The van der Waals surface area contributed by atoms with E-state index in [0.29, 0.717) is 36.0 Å². The van der Waals surface area contributed by atoms with Gasteiger partial charge in [-0.15, -0.1) is 0 Å². The number of hydrogen-bond donors (Lipinski definition) is 0. The fourth-order valence-corrected chi connectivity index (χ4v) is 4.99. The number of carbonyl (C=O) groups excluding carboxylic acids is 2. The molecule has 0 saturated heterocycles. The maximum absolute atomic E-state index is 14.1. The molecule has 4 aromatic rings. The Hall–Kier alpha value is -4.33. The molecule has 1 amide bonds. The number of imidazole rings is 1. The Morgan fingerprint density at radius 2 is 1.73 bits per heavy atom. The largest absolute Gasteiger partial charge is 0.497 e. The van der Waals surface area contributed by atoms with E-state index in [-0.39, 0.29) is 12.5 Å². The molecular weight excluding hydrogens is 470 g/mol. The summed E-state index contributed by atoms with van der Waals surface area (Å²) in [5.41, 5.74) is 3.30. The molecule has 37 heavy (non-hydrogen) atoms. The van der Waals surface area contributed by atoms with E-state index in [4.69, 9.17) is 19.2 Å². The van der Waals surface area contributed by atoms with Crippen LogP contribution >= 0.6 is 0 Å². The first-order chi connectivity index (χ1) is 18.1. The third-order valence-corrected chi connectivity index (χ3v) is 6.71. The molecule has 0 spiro atoms. The topological polar surface area (TPSA) is 82.9 Å². The Balaban J connectivity index is 1.71. The van der Waals surface area contributed by atoms with Gasteiger partial charge < -0.3 is 18.8 Å². The lowest BCUT2D eigenvalue weighted by Gasteiger charge is -2.38. The summed E-state index contributed by atoms with van der Waals surface area (Å²) in [6.07, 6.45) is 0.613. The molecule has 0 saturated carbocycles. The Kier molecular flexibility index (Phi) is 6.81. The monoisotopic (exact) mass is 499 g/mol. The molecule has 1 aromatic heterocycles. The SMILES string of the molecule is CCOC(=O)[C@@H]1C(=O)N(CCc2ccccc2)c2nc3ccccc3n2[C@H]1c1ccc(OC)cc1OC. The number of rotatable bonds is 8. The summed E-state index contributed by atoms with van der Waals surface area (Å²) in [7, 11) is 3.13. The zero-order valence-electron chi connectivity index (χ0n) is 21.1. The van der Waals surface area contributed by atoms with Gasteiger partial charge >= 0.3 is 5.97 Å². The van der Waals surface area contributed by atoms with Gasteiger partial charge in [0.05, 0.1) is 37.9 Å². The molecule has 0 bridgehead atoms. The maximum Gasteiger partial charge on any atom is 0.321 e. The number of carbonyl (C=O) groups is 2. The lowest BCUT2D eigenvalue weighted by molar-refractivity contribution is -0.153. The molecule has 0 N–H and O–H groups in total. The van der Waals surface area contributed by atoms with Gasteiger partial charge in [-0.05, 0) is 43.2 Å². The van der Waals surface area contributed by atoms with Gasteiger partial charge in [0.2, 0.25) is 11.9 Å². The average Bonchev–Trinajstić information content (AvgIpc) is 3.31. The van der Waals surface area contributed by atoms with Crippen LogP contribution in [0.25, 0.3) is 11.0 Å². The third kappa shape index (κ3) is 4.39. The van der Waals surface area contributed by atoms with E-state index >= 15 is 0 Å². The molecule has 1 aliphatic rings. The molecule has 0 radical (unpaired) electrons. The fourth-order valence-electron chi connectivity index (χ4n) is 4.99. The van der Waals surface area contributed by atoms with Gasteiger partial charge in [-0.1, -0.05) is 42.5 Å². The van der Waals surface area contributed by atoms with Crippen molar-refractivity contribution >= 4 is 28.9 Å². The quantitative estimate of drug-likeness (QED) is 0.264. The zero-order chi connectivity index (χ0) is 25.9. The van der Waals surface area contributed by atoms with Crippen LogP contribution in [-0.2, 0) is 20.7 Å². The Morgan fingerprint density at radius 1 is 0.973 bits per heavy atom. The van der Waals surface area contributed by atoms with Gasteiger partial charge in [0.15, 0.2) is 5.92 Å². The molecule has 0 fully saturated rings. The second-order valence-corrected chi connectivity index (χ2v) is 8.78. The summed E-state index contributed by atoms with van der Waals surface area (Å²) in [6.45, 7) is 2.27. The lowest BCUT2D eigenvalue weighted by Crippen LogP contribution is -2.50. The number of benzene rings is 3. The van der Waals surface area contributed by atoms with E-state index < -0.39 is 17.9 Å². The summed E-state index contributed by atoms with van der Waals surface area (Å²) in [6, 6.07) is 22.3. The number of para-hydroxylation sites is 2. The molecule has 2 atom stereocenters. The highest BCUT2D eigenvalue weighted by molar-refractivity contribution is 6.08. The third-order valence-electron chi connectivity index (χ3n) is 6.71. The first-order valence-corrected chi connectivity index (χ1v) is 12.3. The number of nitrogens with zero attached hydrogens (tertiary/aromatic N) is 3. The van der Waals surface area contributed by atoms with Crippen molar-refractivity contribution in [2.24, 2.45) is 5.92 Å². The Morgan fingerprint density at radius 3 is 2.46 bits per heavy atom. The molecule has 8 heteroatoms. The van der Waals surface area contributed by atoms with Crippen molar-refractivity contribution in [3.8, 4) is 11.5 Å². The van der Waals surface area contributed by atoms with Crippen LogP contribution in [0.2, 0.25) is 0 Å². The zero-order valence-corrected chi connectivity index (χ0v) is 21.1. The van der Waals surface area contributed by atoms with Crippen LogP contribution in [0.15, 0.2) is 72.8 Å². The minimum Gasteiger partial charge on any atom is -0.497 e. The van der Waals surface area contributed by atoms with Gasteiger partial charge in [-0.2, -0.15) is 0 Å². The standard InChI is InChI=1S/C29H29N3O5/c1-4-37-28(34)25-26(21-15-14-20(35-2)18-24(21)36-3)32-23-13-9-8-12-22(23)30-29(32)31(27(25)33)17-16-19-10-6-5-7-11-19/h5-15,18,25-26H,4,16-17H2,1-3H3/t25-,26-/m0/s1. The van der Waals surface area contributed by atoms with Gasteiger partial charge in [0, 0.05) is 18.2 Å². The number of fused-ring (bicyclic) bond motifs is 3. The van der Waals surface area contributed by atoms with Crippen LogP contribution in [0.1, 0.15) is 24.1 Å². The number of anilines is 1. The van der Waals surface area contributed by atoms with E-state index in [0.717, 1.165) is 16.6 Å². The molecule has 5 rings (SSSR count). The van der Waals surface area contributed by atoms with Crippen molar-refractivity contribution in [3.05, 3.63) is 83.9 Å². The predicted molar refractivity (Wildman–Crippen MR) is 140 cm³/mol. The molecule has 2 heterocycles. The van der Waals surface area contributed by atoms with Crippen molar-refractivity contribution in [1.29, 1.82) is 0 Å². The van der Waals surface area contributed by atoms with Crippen molar-refractivity contribution < 1.29 is 23.8 Å². The fraction of sp³-hybridized carbons (Fsp3) is 0.276. The summed E-state index contributed by atoms with van der Waals surface area (Å²) < 4.78 is 18.5. The van der Waals surface area contributed by atoms with Crippen LogP contribution < -0.4 is 14.4 Å². The lowest BCUT2D eigenvalue weighted by atomic mass is 9.88. The molecule has 1 aliphatic heterocycles. The summed E-state index contributed by atoms with van der Waals surface area (Å²) in [5, 5.41) is 0. The van der Waals surface area contributed by atoms with Crippen molar-refractivity contribution in [1.82, 2.24) is 9.55 Å². The molecule has 0 aliphatic carbocycles. The number of hydrogen-bond acceptors (Lipinski definition) is 6. The minimum absolute atomic E-state index is 0.163. The highest BCUT2D eigenvalue weighted by Crippen LogP contribution is 2.44. The van der Waals surface area contributed by atoms with Crippen molar-refractivity contribution in [3.63, 3.8) is 0 Å². The smallest absolute Gasteiger partial charge is 0.321 e. The van der Waals surface area contributed by atoms with Crippen LogP contribution in [0, 0.1) is 5.92 Å². The second kappa shape index (κ2) is 10.3. The molecule has 8 nitrogen and oxygen atoms in total.